The van der Waals surface area contributed by atoms with Crippen molar-refractivity contribution in [3.8, 4) is 16.2 Å². The third-order valence-corrected chi connectivity index (χ3v) is 10.9. The SMILES string of the molecule is CS(=O)(=O)Nc1ccccc1CS(=O)(=O)N(c1cccc(-c2sc(C(=O)O)c(OCC(=O)O)c2Br)c1)C1CCNCC1. The van der Waals surface area contributed by atoms with Crippen LogP contribution in [0.2, 0.25) is 0 Å². The molecule has 2 heterocycles. The van der Waals surface area contributed by atoms with Crippen LogP contribution in [0.25, 0.3) is 10.4 Å². The van der Waals surface area contributed by atoms with Crippen molar-refractivity contribution >= 4 is 70.6 Å². The van der Waals surface area contributed by atoms with E-state index in [0.29, 0.717) is 42.1 Å². The van der Waals surface area contributed by atoms with Crippen LogP contribution in [-0.2, 0) is 30.6 Å². The molecule has 1 fully saturated rings. The van der Waals surface area contributed by atoms with Gasteiger partial charge in [0.05, 0.1) is 32.7 Å². The fourth-order valence-corrected chi connectivity index (χ4v) is 8.99. The lowest BCUT2D eigenvalue weighted by molar-refractivity contribution is -0.139. The quantitative estimate of drug-likeness (QED) is 0.217. The van der Waals surface area contributed by atoms with Crippen LogP contribution < -0.4 is 19.1 Å². The molecule has 0 radical (unpaired) electrons. The van der Waals surface area contributed by atoms with E-state index in [0.717, 1.165) is 17.6 Å². The van der Waals surface area contributed by atoms with Gasteiger partial charge in [0.25, 0.3) is 0 Å². The number of piperidine rings is 1. The number of rotatable bonds is 12. The Labute approximate surface area is 255 Å². The summed E-state index contributed by atoms with van der Waals surface area (Å²) in [5, 5.41) is 21.9. The predicted octanol–water partition coefficient (Wildman–Crippen LogP) is 3.80. The molecule has 1 saturated heterocycles. The van der Waals surface area contributed by atoms with Crippen molar-refractivity contribution in [2.24, 2.45) is 0 Å². The number of para-hydroxylation sites is 1. The minimum atomic E-state index is -4.07. The standard InChI is InChI=1S/C26H28BrN3O9S3/c1-41(35,36)29-20-8-3-2-5-17(20)15-42(37,38)30(18-9-11-28-12-10-18)19-7-4-6-16(13-19)24-22(27)23(39-14-21(31)32)25(40-24)26(33)34/h2-8,13,18,28-29H,9-12,14-15H2,1H3,(H,31,32)(H,33,34). The van der Waals surface area contributed by atoms with Gasteiger partial charge < -0.3 is 20.3 Å². The largest absolute Gasteiger partial charge is 0.479 e. The van der Waals surface area contributed by atoms with E-state index < -0.39 is 50.4 Å². The number of nitrogens with zero attached hydrogens (tertiary/aromatic N) is 1. The Hall–Kier alpha value is -3.18. The minimum absolute atomic E-state index is 0.131. The van der Waals surface area contributed by atoms with E-state index >= 15 is 0 Å². The molecule has 42 heavy (non-hydrogen) atoms. The highest BCUT2D eigenvalue weighted by Gasteiger charge is 2.33. The molecule has 0 bridgehead atoms. The number of carboxylic acid groups (broad SMARTS) is 2. The molecule has 0 amide bonds. The van der Waals surface area contributed by atoms with Crippen molar-refractivity contribution in [1.82, 2.24) is 5.32 Å². The maximum Gasteiger partial charge on any atom is 0.349 e. The van der Waals surface area contributed by atoms with Crippen molar-refractivity contribution < 1.29 is 41.4 Å². The maximum atomic E-state index is 14.1. The molecule has 1 aliphatic rings. The molecule has 0 atom stereocenters. The number of benzene rings is 2. The number of ether oxygens (including phenoxy) is 1. The first-order chi connectivity index (χ1) is 19.8. The van der Waals surface area contributed by atoms with Gasteiger partial charge in [0, 0.05) is 6.04 Å². The summed E-state index contributed by atoms with van der Waals surface area (Å²) >= 11 is 4.21. The Morgan fingerprint density at radius 1 is 1.10 bits per heavy atom. The third-order valence-electron chi connectivity index (χ3n) is 6.30. The lowest BCUT2D eigenvalue weighted by Gasteiger charge is -2.35. The van der Waals surface area contributed by atoms with E-state index in [-0.39, 0.29) is 26.4 Å². The van der Waals surface area contributed by atoms with Crippen LogP contribution in [0.5, 0.6) is 5.75 Å². The molecule has 226 valence electrons. The number of hydrogen-bond donors (Lipinski definition) is 4. The number of aromatic carboxylic acids is 1. The van der Waals surface area contributed by atoms with Gasteiger partial charge in [0.2, 0.25) is 20.0 Å². The van der Waals surface area contributed by atoms with Gasteiger partial charge in [-0.3, -0.25) is 9.03 Å². The molecule has 0 unspecified atom stereocenters. The van der Waals surface area contributed by atoms with Crippen LogP contribution in [0.3, 0.4) is 0 Å². The van der Waals surface area contributed by atoms with Gasteiger partial charge >= 0.3 is 11.9 Å². The number of thiophene rings is 1. The van der Waals surface area contributed by atoms with Crippen molar-refractivity contribution in [2.45, 2.75) is 24.6 Å². The van der Waals surface area contributed by atoms with Crippen LogP contribution in [-0.4, -0.2) is 71.0 Å². The lowest BCUT2D eigenvalue weighted by Crippen LogP contribution is -2.46. The number of aliphatic carboxylic acids is 1. The molecular formula is C26H28BrN3O9S3. The van der Waals surface area contributed by atoms with E-state index in [4.69, 9.17) is 9.84 Å². The first-order valence-corrected chi connectivity index (χ1v) is 17.7. The van der Waals surface area contributed by atoms with Gasteiger partial charge in [-0.2, -0.15) is 0 Å². The van der Waals surface area contributed by atoms with Crippen LogP contribution in [0.4, 0.5) is 11.4 Å². The Morgan fingerprint density at radius 3 is 2.43 bits per heavy atom. The highest BCUT2D eigenvalue weighted by atomic mass is 79.9. The molecule has 1 aromatic heterocycles. The summed E-state index contributed by atoms with van der Waals surface area (Å²) in [6.07, 6.45) is 2.05. The first-order valence-electron chi connectivity index (χ1n) is 12.6. The van der Waals surface area contributed by atoms with Crippen LogP contribution >= 0.6 is 27.3 Å². The van der Waals surface area contributed by atoms with E-state index in [1.165, 1.54) is 10.4 Å². The Balaban J connectivity index is 1.78. The lowest BCUT2D eigenvalue weighted by atomic mass is 10.1. The smallest absolute Gasteiger partial charge is 0.349 e. The number of hydrogen-bond acceptors (Lipinski definition) is 9. The molecule has 0 aliphatic carbocycles. The summed E-state index contributed by atoms with van der Waals surface area (Å²) in [7, 11) is -7.73. The summed E-state index contributed by atoms with van der Waals surface area (Å²) < 4.78 is 61.2. The van der Waals surface area contributed by atoms with Crippen molar-refractivity contribution in [3.63, 3.8) is 0 Å². The van der Waals surface area contributed by atoms with Gasteiger partial charge in [0.1, 0.15) is 0 Å². The highest BCUT2D eigenvalue weighted by molar-refractivity contribution is 9.10. The minimum Gasteiger partial charge on any atom is -0.479 e. The average Bonchev–Trinajstić information content (AvgIpc) is 3.24. The molecular weight excluding hydrogens is 674 g/mol. The number of carbonyl (C=O) groups is 2. The van der Waals surface area contributed by atoms with Crippen molar-refractivity contribution in [2.75, 3.05) is 35.0 Å². The molecule has 1 aliphatic heterocycles. The summed E-state index contributed by atoms with van der Waals surface area (Å²) in [6.45, 7) is 0.461. The van der Waals surface area contributed by atoms with Crippen molar-refractivity contribution in [3.05, 3.63) is 63.4 Å². The zero-order valence-corrected chi connectivity index (χ0v) is 26.3. The highest BCUT2D eigenvalue weighted by Crippen LogP contribution is 2.46. The van der Waals surface area contributed by atoms with Crippen LogP contribution in [0.1, 0.15) is 28.1 Å². The van der Waals surface area contributed by atoms with E-state index in [1.807, 2.05) is 0 Å². The van der Waals surface area contributed by atoms with Crippen molar-refractivity contribution in [1.29, 1.82) is 0 Å². The molecule has 4 N–H and O–H groups in total. The van der Waals surface area contributed by atoms with Gasteiger partial charge in [0.15, 0.2) is 17.2 Å². The fraction of sp³-hybridized carbons (Fsp3) is 0.308. The second-order valence-electron chi connectivity index (χ2n) is 9.51. The normalized spacial score (nSPS) is 14.3. The number of carboxylic acids is 2. The average molecular weight is 703 g/mol. The van der Waals surface area contributed by atoms with E-state index in [1.54, 1.807) is 42.5 Å². The predicted molar refractivity (Wildman–Crippen MR) is 163 cm³/mol. The second kappa shape index (κ2) is 13.0. The Morgan fingerprint density at radius 2 is 1.79 bits per heavy atom. The molecule has 0 spiro atoms. The zero-order valence-electron chi connectivity index (χ0n) is 22.2. The molecule has 2 aromatic carbocycles. The van der Waals surface area contributed by atoms with Gasteiger partial charge in [-0.25, -0.2) is 26.4 Å². The molecule has 12 nitrogen and oxygen atoms in total. The molecule has 3 aromatic rings. The molecule has 4 rings (SSSR count). The zero-order chi connectivity index (χ0) is 30.7. The Kier molecular flexibility index (Phi) is 9.82. The number of halogens is 1. The fourth-order valence-electron chi connectivity index (χ4n) is 4.62. The van der Waals surface area contributed by atoms with E-state index in [2.05, 4.69) is 26.0 Å². The van der Waals surface area contributed by atoms with E-state index in [9.17, 15) is 31.5 Å². The monoisotopic (exact) mass is 701 g/mol. The molecule has 0 saturated carbocycles. The maximum absolute atomic E-state index is 14.1. The van der Waals surface area contributed by atoms with Crippen LogP contribution in [0, 0.1) is 0 Å². The Bertz CT molecular complexity index is 1700. The van der Waals surface area contributed by atoms with Crippen LogP contribution in [0.15, 0.2) is 53.0 Å². The van der Waals surface area contributed by atoms with Gasteiger partial charge in [-0.15, -0.1) is 11.3 Å². The summed E-state index contributed by atoms with van der Waals surface area (Å²) in [5.41, 5.74) is 1.29. The number of nitrogens with one attached hydrogen (secondary N) is 2. The summed E-state index contributed by atoms with van der Waals surface area (Å²) in [5.74, 6) is -3.18. The molecule has 16 heteroatoms. The number of anilines is 2. The van der Waals surface area contributed by atoms with Gasteiger partial charge in [-0.1, -0.05) is 30.3 Å². The summed E-state index contributed by atoms with van der Waals surface area (Å²) in [6, 6.07) is 12.5. The number of sulfonamides is 2. The topological polar surface area (TPSA) is 179 Å². The third kappa shape index (κ3) is 7.60. The summed E-state index contributed by atoms with van der Waals surface area (Å²) in [4.78, 5) is 23.1. The van der Waals surface area contributed by atoms with Gasteiger partial charge in [-0.05, 0) is 71.2 Å². The first kappa shape index (κ1) is 31.7. The second-order valence-corrected chi connectivity index (χ2v) is 14.9.